The maximum absolute atomic E-state index is 13.3. The molecule has 0 unspecified atom stereocenters. The number of ether oxygens (including phenoxy) is 1. The first kappa shape index (κ1) is 20.8. The normalized spacial score (nSPS) is 11.4. The molecule has 0 heterocycles. The Hall–Kier alpha value is -2.90. The van der Waals surface area contributed by atoms with Gasteiger partial charge in [0.25, 0.3) is 5.91 Å². The van der Waals surface area contributed by atoms with E-state index in [9.17, 15) is 13.2 Å². The average Bonchev–Trinajstić information content (AvgIpc) is 2.69. The summed E-state index contributed by atoms with van der Waals surface area (Å²) in [5, 5.41) is 1.88. The summed E-state index contributed by atoms with van der Waals surface area (Å²) in [5.41, 5.74) is 1.37. The molecule has 0 aliphatic rings. The van der Waals surface area contributed by atoms with Gasteiger partial charge in [-0.2, -0.15) is 8.42 Å². The number of rotatable bonds is 8. The summed E-state index contributed by atoms with van der Waals surface area (Å²) in [5.74, 6) is 0.0996. The van der Waals surface area contributed by atoms with Crippen LogP contribution in [-0.2, 0) is 21.4 Å². The molecule has 0 saturated heterocycles. The molecule has 0 fully saturated rings. The molecule has 7 heteroatoms. The molecule has 0 atom stereocenters. The van der Waals surface area contributed by atoms with Crippen LogP contribution in [0.3, 0.4) is 0 Å². The number of benzene rings is 3. The number of methoxy groups -OCH3 is 1. The van der Waals surface area contributed by atoms with Crippen molar-refractivity contribution < 1.29 is 22.1 Å². The number of carbonyl (C=O) groups is 1. The van der Waals surface area contributed by atoms with Gasteiger partial charge in [-0.25, -0.2) is 0 Å². The SMILES string of the molecule is COCCN(Cc1cccc(OS(C)(=O)=O)c1)C(=O)c1cccc2ccccc12. The van der Waals surface area contributed by atoms with Crippen LogP contribution in [-0.4, -0.2) is 45.7 Å². The third-order valence-electron chi connectivity index (χ3n) is 4.39. The van der Waals surface area contributed by atoms with Crippen LogP contribution in [0.25, 0.3) is 10.8 Å². The molecule has 0 aliphatic heterocycles. The van der Waals surface area contributed by atoms with Crippen molar-refractivity contribution in [1.82, 2.24) is 4.90 Å². The van der Waals surface area contributed by atoms with Crippen molar-refractivity contribution in [1.29, 1.82) is 0 Å². The lowest BCUT2D eigenvalue weighted by molar-refractivity contribution is 0.0682. The van der Waals surface area contributed by atoms with Gasteiger partial charge >= 0.3 is 10.1 Å². The molecule has 152 valence electrons. The zero-order chi connectivity index (χ0) is 20.9. The third-order valence-corrected chi connectivity index (χ3v) is 4.89. The van der Waals surface area contributed by atoms with Gasteiger partial charge in [0.15, 0.2) is 0 Å². The van der Waals surface area contributed by atoms with Crippen LogP contribution < -0.4 is 4.18 Å². The minimum atomic E-state index is -3.62. The highest BCUT2D eigenvalue weighted by molar-refractivity contribution is 7.86. The zero-order valence-electron chi connectivity index (χ0n) is 16.4. The largest absolute Gasteiger partial charge is 0.383 e. The Bertz CT molecular complexity index is 1110. The predicted octanol–water partition coefficient (Wildman–Crippen LogP) is 3.47. The van der Waals surface area contributed by atoms with Crippen molar-refractivity contribution in [2.45, 2.75) is 6.54 Å². The minimum Gasteiger partial charge on any atom is -0.383 e. The van der Waals surface area contributed by atoms with Crippen LogP contribution in [0.2, 0.25) is 0 Å². The molecule has 3 rings (SSSR count). The van der Waals surface area contributed by atoms with E-state index in [2.05, 4.69) is 0 Å². The Kier molecular flexibility index (Phi) is 6.51. The molecule has 0 N–H and O–H groups in total. The van der Waals surface area contributed by atoms with Crippen LogP contribution >= 0.6 is 0 Å². The van der Waals surface area contributed by atoms with Crippen molar-refractivity contribution in [3.05, 3.63) is 77.9 Å². The lowest BCUT2D eigenvalue weighted by Gasteiger charge is -2.23. The quantitative estimate of drug-likeness (QED) is 0.529. The highest BCUT2D eigenvalue weighted by Gasteiger charge is 2.18. The van der Waals surface area contributed by atoms with E-state index < -0.39 is 10.1 Å². The third kappa shape index (κ3) is 5.56. The van der Waals surface area contributed by atoms with Crippen LogP contribution in [0.4, 0.5) is 0 Å². The van der Waals surface area contributed by atoms with Crippen molar-refractivity contribution in [2.24, 2.45) is 0 Å². The van der Waals surface area contributed by atoms with Crippen molar-refractivity contribution in [3.63, 3.8) is 0 Å². The minimum absolute atomic E-state index is 0.117. The van der Waals surface area contributed by atoms with Gasteiger partial charge in [-0.15, -0.1) is 0 Å². The maximum Gasteiger partial charge on any atom is 0.306 e. The van der Waals surface area contributed by atoms with Gasteiger partial charge in [-0.05, 0) is 34.5 Å². The number of hydrogen-bond donors (Lipinski definition) is 0. The summed E-state index contributed by atoms with van der Waals surface area (Å²) in [6, 6.07) is 20.1. The van der Waals surface area contributed by atoms with Gasteiger partial charge in [0.1, 0.15) is 5.75 Å². The molecule has 3 aromatic rings. The predicted molar refractivity (Wildman–Crippen MR) is 112 cm³/mol. The number of carbonyl (C=O) groups excluding carboxylic acids is 1. The Morgan fingerprint density at radius 2 is 1.72 bits per heavy atom. The number of hydrogen-bond acceptors (Lipinski definition) is 5. The fraction of sp³-hybridized carbons (Fsp3) is 0.227. The molecule has 0 radical (unpaired) electrons. The lowest BCUT2D eigenvalue weighted by Crippen LogP contribution is -2.33. The van der Waals surface area contributed by atoms with Gasteiger partial charge < -0.3 is 13.8 Å². The van der Waals surface area contributed by atoms with E-state index in [4.69, 9.17) is 8.92 Å². The second-order valence-electron chi connectivity index (χ2n) is 6.68. The molecule has 0 saturated carbocycles. The molecular formula is C22H23NO5S. The Morgan fingerprint density at radius 1 is 1.00 bits per heavy atom. The molecule has 0 bridgehead atoms. The monoisotopic (exact) mass is 413 g/mol. The Labute approximate surface area is 170 Å². The lowest BCUT2D eigenvalue weighted by atomic mass is 10.0. The average molecular weight is 413 g/mol. The number of amides is 1. The first-order chi connectivity index (χ1) is 13.9. The molecular weight excluding hydrogens is 390 g/mol. The fourth-order valence-corrected chi connectivity index (χ4v) is 3.58. The van der Waals surface area contributed by atoms with E-state index >= 15 is 0 Å². The maximum atomic E-state index is 13.3. The van der Waals surface area contributed by atoms with Gasteiger partial charge in [-0.3, -0.25) is 4.79 Å². The summed E-state index contributed by atoms with van der Waals surface area (Å²) in [6.45, 7) is 1.08. The van der Waals surface area contributed by atoms with Crippen LogP contribution in [0.15, 0.2) is 66.7 Å². The van der Waals surface area contributed by atoms with Crippen molar-refractivity contribution in [3.8, 4) is 5.75 Å². The van der Waals surface area contributed by atoms with Gasteiger partial charge in [-0.1, -0.05) is 48.5 Å². The molecule has 29 heavy (non-hydrogen) atoms. The topological polar surface area (TPSA) is 72.9 Å². The molecule has 1 amide bonds. The fourth-order valence-electron chi connectivity index (χ4n) is 3.13. The van der Waals surface area contributed by atoms with E-state index in [1.165, 1.54) is 0 Å². The summed E-state index contributed by atoms with van der Waals surface area (Å²) < 4.78 is 32.9. The molecule has 6 nitrogen and oxygen atoms in total. The second-order valence-corrected chi connectivity index (χ2v) is 8.26. The Balaban J connectivity index is 1.90. The van der Waals surface area contributed by atoms with E-state index in [1.54, 1.807) is 30.2 Å². The highest BCUT2D eigenvalue weighted by Crippen LogP contribution is 2.22. The van der Waals surface area contributed by atoms with Crippen LogP contribution in [0, 0.1) is 0 Å². The van der Waals surface area contributed by atoms with Crippen LogP contribution in [0.1, 0.15) is 15.9 Å². The summed E-state index contributed by atoms with van der Waals surface area (Å²) in [6.07, 6.45) is 0.995. The smallest absolute Gasteiger partial charge is 0.306 e. The van der Waals surface area contributed by atoms with Crippen molar-refractivity contribution in [2.75, 3.05) is 26.5 Å². The first-order valence-corrected chi connectivity index (χ1v) is 10.9. The van der Waals surface area contributed by atoms with E-state index in [0.29, 0.717) is 25.3 Å². The van der Waals surface area contributed by atoms with E-state index in [1.807, 2.05) is 48.5 Å². The first-order valence-electron chi connectivity index (χ1n) is 9.12. The number of nitrogens with zero attached hydrogens (tertiary/aromatic N) is 1. The highest BCUT2D eigenvalue weighted by atomic mass is 32.2. The van der Waals surface area contributed by atoms with Gasteiger partial charge in [0.2, 0.25) is 0 Å². The van der Waals surface area contributed by atoms with Gasteiger partial charge in [0, 0.05) is 25.8 Å². The summed E-state index contributed by atoms with van der Waals surface area (Å²) in [7, 11) is -2.04. The second kappa shape index (κ2) is 9.07. The summed E-state index contributed by atoms with van der Waals surface area (Å²) >= 11 is 0. The Morgan fingerprint density at radius 3 is 2.48 bits per heavy atom. The van der Waals surface area contributed by atoms with Gasteiger partial charge in [0.05, 0.1) is 12.9 Å². The molecule has 3 aromatic carbocycles. The van der Waals surface area contributed by atoms with Crippen molar-refractivity contribution >= 4 is 26.8 Å². The van der Waals surface area contributed by atoms with E-state index in [-0.39, 0.29) is 11.7 Å². The summed E-state index contributed by atoms with van der Waals surface area (Å²) in [4.78, 5) is 15.0. The standard InChI is InChI=1S/C22H23NO5S/c1-27-14-13-23(16-17-7-5-10-19(15-17)28-29(2,25)26)22(24)21-12-6-9-18-8-3-4-11-20(18)21/h3-12,15H,13-14,16H2,1-2H3. The molecule has 0 aliphatic carbocycles. The molecule has 0 spiro atoms. The zero-order valence-corrected chi connectivity index (χ0v) is 17.2. The van der Waals surface area contributed by atoms with Crippen LogP contribution in [0.5, 0.6) is 5.75 Å². The molecule has 0 aromatic heterocycles. The van der Waals surface area contributed by atoms with E-state index in [0.717, 1.165) is 22.6 Å². The number of fused-ring (bicyclic) bond motifs is 1.